The van der Waals surface area contributed by atoms with Gasteiger partial charge in [-0.3, -0.25) is 0 Å². The molecule has 0 fully saturated rings. The highest BCUT2D eigenvalue weighted by molar-refractivity contribution is 6.30. The van der Waals surface area contributed by atoms with Gasteiger partial charge in [-0.25, -0.2) is 9.97 Å². The number of nitrogen functional groups attached to an aromatic ring is 1. The van der Waals surface area contributed by atoms with E-state index in [0.717, 1.165) is 11.1 Å². The van der Waals surface area contributed by atoms with Crippen molar-refractivity contribution in [1.82, 2.24) is 15.1 Å². The number of hydrogen-bond acceptors (Lipinski definition) is 5. The Morgan fingerprint density at radius 2 is 1.89 bits per heavy atom. The topological polar surface area (TPSA) is 77.8 Å². The molecule has 0 aliphatic heterocycles. The van der Waals surface area contributed by atoms with Crippen LogP contribution in [0, 0.1) is 0 Å². The van der Waals surface area contributed by atoms with Crippen molar-refractivity contribution in [3.05, 3.63) is 48.0 Å². The summed E-state index contributed by atoms with van der Waals surface area (Å²) in [7, 11) is 0. The van der Waals surface area contributed by atoms with Gasteiger partial charge in [-0.2, -0.15) is 0 Å². The lowest BCUT2D eigenvalue weighted by Crippen LogP contribution is -1.89. The molecule has 0 aliphatic rings. The third-order valence-electron chi connectivity index (χ3n) is 2.67. The number of nitrogens with zero attached hydrogens (tertiary/aromatic N) is 3. The third-order valence-corrected chi connectivity index (χ3v) is 2.90. The normalized spacial score (nSPS) is 10.6. The first kappa shape index (κ1) is 11.7. The molecule has 0 saturated carbocycles. The second-order valence-corrected chi connectivity index (χ2v) is 4.34. The van der Waals surface area contributed by atoms with Gasteiger partial charge in [-0.15, -0.1) is 0 Å². The lowest BCUT2D eigenvalue weighted by Gasteiger charge is -2.02. The lowest BCUT2D eigenvalue weighted by molar-refractivity contribution is 0.439. The van der Waals surface area contributed by atoms with E-state index in [2.05, 4.69) is 15.1 Å². The van der Waals surface area contributed by atoms with E-state index in [0.29, 0.717) is 16.3 Å². The molecule has 0 unspecified atom stereocenters. The predicted octanol–water partition coefficient (Wildman–Crippen LogP) is 3.03. The van der Waals surface area contributed by atoms with Crippen molar-refractivity contribution in [3.63, 3.8) is 0 Å². The quantitative estimate of drug-likeness (QED) is 0.776. The van der Waals surface area contributed by atoms with Crippen LogP contribution in [-0.2, 0) is 0 Å². The predicted molar refractivity (Wildman–Crippen MR) is 72.4 cm³/mol. The van der Waals surface area contributed by atoms with Gasteiger partial charge in [0.15, 0.2) is 0 Å². The molecule has 0 radical (unpaired) electrons. The fourth-order valence-corrected chi connectivity index (χ4v) is 2.03. The fraction of sp³-hybridized carbons (Fsp3) is 0. The average molecular weight is 273 g/mol. The Labute approximate surface area is 114 Å². The van der Waals surface area contributed by atoms with Crippen molar-refractivity contribution >= 4 is 17.5 Å². The summed E-state index contributed by atoms with van der Waals surface area (Å²) in [5.74, 6) is 0.237. The average Bonchev–Trinajstić information content (AvgIpc) is 2.82. The maximum Gasteiger partial charge on any atom is 0.230 e. The van der Waals surface area contributed by atoms with E-state index in [4.69, 9.17) is 21.9 Å². The summed E-state index contributed by atoms with van der Waals surface area (Å²) < 4.78 is 5.07. The largest absolute Gasteiger partial charge is 0.367 e. The molecule has 2 aromatic heterocycles. The SMILES string of the molecule is Nc1onc(-c2cncnc2)c1-c1cccc(Cl)c1. The molecule has 3 aromatic rings. The van der Waals surface area contributed by atoms with Crippen molar-refractivity contribution in [2.24, 2.45) is 0 Å². The van der Waals surface area contributed by atoms with Gasteiger partial charge in [0.05, 0.1) is 5.56 Å². The second-order valence-electron chi connectivity index (χ2n) is 3.91. The Kier molecular flexibility index (Phi) is 2.89. The highest BCUT2D eigenvalue weighted by atomic mass is 35.5. The Bertz CT molecular complexity index is 712. The fourth-order valence-electron chi connectivity index (χ4n) is 1.84. The highest BCUT2D eigenvalue weighted by Gasteiger charge is 2.17. The van der Waals surface area contributed by atoms with Crippen LogP contribution in [0.1, 0.15) is 0 Å². The summed E-state index contributed by atoms with van der Waals surface area (Å²) in [5.41, 5.74) is 8.71. The molecular formula is C13H9ClN4O. The number of hydrogen-bond donors (Lipinski definition) is 1. The van der Waals surface area contributed by atoms with Gasteiger partial charge in [0, 0.05) is 23.0 Å². The number of halogens is 1. The third kappa shape index (κ3) is 2.15. The van der Waals surface area contributed by atoms with E-state index in [1.165, 1.54) is 6.33 Å². The van der Waals surface area contributed by atoms with Crippen molar-refractivity contribution in [2.75, 3.05) is 5.73 Å². The number of rotatable bonds is 2. The zero-order chi connectivity index (χ0) is 13.2. The molecule has 0 bridgehead atoms. The summed E-state index contributed by atoms with van der Waals surface area (Å²) in [6, 6.07) is 7.33. The maximum atomic E-state index is 6.00. The minimum Gasteiger partial charge on any atom is -0.367 e. The highest BCUT2D eigenvalue weighted by Crippen LogP contribution is 2.36. The van der Waals surface area contributed by atoms with Crippen LogP contribution in [0.4, 0.5) is 5.88 Å². The number of benzene rings is 1. The Morgan fingerprint density at radius 3 is 2.63 bits per heavy atom. The first-order valence-corrected chi connectivity index (χ1v) is 5.90. The first-order valence-electron chi connectivity index (χ1n) is 5.52. The van der Waals surface area contributed by atoms with E-state index >= 15 is 0 Å². The Morgan fingerprint density at radius 1 is 1.11 bits per heavy atom. The lowest BCUT2D eigenvalue weighted by atomic mass is 10.0. The van der Waals surface area contributed by atoms with Gasteiger partial charge in [0.2, 0.25) is 5.88 Å². The van der Waals surface area contributed by atoms with Crippen molar-refractivity contribution in [2.45, 2.75) is 0 Å². The smallest absolute Gasteiger partial charge is 0.230 e. The van der Waals surface area contributed by atoms with Crippen LogP contribution in [-0.4, -0.2) is 15.1 Å². The molecular weight excluding hydrogens is 264 g/mol. The molecule has 19 heavy (non-hydrogen) atoms. The molecule has 3 rings (SSSR count). The van der Waals surface area contributed by atoms with E-state index < -0.39 is 0 Å². The van der Waals surface area contributed by atoms with Crippen LogP contribution in [0.15, 0.2) is 47.5 Å². The van der Waals surface area contributed by atoms with Gasteiger partial charge in [-0.05, 0) is 17.7 Å². The Hall–Kier alpha value is -2.40. The van der Waals surface area contributed by atoms with Crippen LogP contribution in [0.3, 0.4) is 0 Å². The standard InChI is InChI=1S/C13H9ClN4O/c14-10-3-1-2-8(4-10)11-12(18-19-13(11)15)9-5-16-7-17-6-9/h1-7H,15H2. The monoisotopic (exact) mass is 272 g/mol. The van der Waals surface area contributed by atoms with E-state index in [9.17, 15) is 0 Å². The van der Waals surface area contributed by atoms with Gasteiger partial charge in [0.25, 0.3) is 0 Å². The molecule has 1 aromatic carbocycles. The van der Waals surface area contributed by atoms with Crippen molar-refractivity contribution in [3.8, 4) is 22.4 Å². The van der Waals surface area contributed by atoms with E-state index in [1.54, 1.807) is 24.5 Å². The van der Waals surface area contributed by atoms with E-state index in [-0.39, 0.29) is 5.88 Å². The summed E-state index contributed by atoms with van der Waals surface area (Å²) in [4.78, 5) is 7.93. The molecule has 0 saturated heterocycles. The second kappa shape index (κ2) is 4.70. The van der Waals surface area contributed by atoms with Crippen molar-refractivity contribution in [1.29, 1.82) is 0 Å². The summed E-state index contributed by atoms with van der Waals surface area (Å²) >= 11 is 6.00. The van der Waals surface area contributed by atoms with Crippen LogP contribution in [0.25, 0.3) is 22.4 Å². The molecule has 2 N–H and O–H groups in total. The zero-order valence-electron chi connectivity index (χ0n) is 9.75. The maximum absolute atomic E-state index is 6.00. The van der Waals surface area contributed by atoms with Gasteiger partial charge >= 0.3 is 0 Å². The molecule has 5 nitrogen and oxygen atoms in total. The van der Waals surface area contributed by atoms with Gasteiger partial charge in [-0.1, -0.05) is 28.9 Å². The summed E-state index contributed by atoms with van der Waals surface area (Å²) in [6.07, 6.45) is 4.75. The zero-order valence-corrected chi connectivity index (χ0v) is 10.5. The number of nitrogens with two attached hydrogens (primary N) is 1. The molecule has 0 atom stereocenters. The van der Waals surface area contributed by atoms with Gasteiger partial charge in [0.1, 0.15) is 12.0 Å². The van der Waals surface area contributed by atoms with Crippen LogP contribution in [0.5, 0.6) is 0 Å². The Balaban J connectivity index is 2.20. The van der Waals surface area contributed by atoms with Crippen LogP contribution < -0.4 is 5.73 Å². The first-order chi connectivity index (χ1) is 9.25. The number of aromatic nitrogens is 3. The van der Waals surface area contributed by atoms with Crippen molar-refractivity contribution < 1.29 is 4.52 Å². The molecule has 94 valence electrons. The minimum atomic E-state index is 0.237. The molecule has 6 heteroatoms. The summed E-state index contributed by atoms with van der Waals surface area (Å²) in [6.45, 7) is 0. The van der Waals surface area contributed by atoms with E-state index in [1.807, 2.05) is 12.1 Å². The molecule has 0 aliphatic carbocycles. The minimum absolute atomic E-state index is 0.237. The number of anilines is 1. The molecule has 0 amide bonds. The molecule has 0 spiro atoms. The van der Waals surface area contributed by atoms with Gasteiger partial charge < -0.3 is 10.3 Å². The van der Waals surface area contributed by atoms with Crippen LogP contribution in [0.2, 0.25) is 5.02 Å². The molecule has 2 heterocycles. The van der Waals surface area contributed by atoms with Crippen LogP contribution >= 0.6 is 11.6 Å². The summed E-state index contributed by atoms with van der Waals surface area (Å²) in [5, 5.41) is 4.59.